The van der Waals surface area contributed by atoms with Gasteiger partial charge in [0, 0.05) is 18.7 Å². The third-order valence-electron chi connectivity index (χ3n) is 3.85. The third kappa shape index (κ3) is 5.19. The maximum absolute atomic E-state index is 9.91. The van der Waals surface area contributed by atoms with Gasteiger partial charge in [0.05, 0.1) is 11.3 Å². The molecule has 0 amide bonds. The average molecular weight is 354 g/mol. The molecule has 2 heterocycles. The van der Waals surface area contributed by atoms with Crippen LogP contribution >= 0.6 is 0 Å². The number of rotatable bonds is 6. The summed E-state index contributed by atoms with van der Waals surface area (Å²) in [5.74, 6) is 1.30. The molecule has 1 aromatic heterocycles. The highest BCUT2D eigenvalue weighted by Gasteiger charge is 2.21. The minimum absolute atomic E-state index is 0.0625. The van der Waals surface area contributed by atoms with E-state index in [9.17, 15) is 5.11 Å². The van der Waals surface area contributed by atoms with E-state index in [2.05, 4.69) is 23.0 Å². The van der Waals surface area contributed by atoms with Crippen molar-refractivity contribution in [3.8, 4) is 0 Å². The summed E-state index contributed by atoms with van der Waals surface area (Å²) in [6.45, 7) is 17.2. The van der Waals surface area contributed by atoms with E-state index in [1.165, 1.54) is 0 Å². The van der Waals surface area contributed by atoms with Crippen molar-refractivity contribution in [1.82, 2.24) is 9.97 Å². The Morgan fingerprint density at radius 3 is 2.19 bits per heavy atom. The van der Waals surface area contributed by atoms with Crippen LogP contribution in [-0.2, 0) is 0 Å². The van der Waals surface area contributed by atoms with Crippen molar-refractivity contribution < 1.29 is 5.11 Å². The Morgan fingerprint density at radius 1 is 1.08 bits per heavy atom. The zero-order valence-corrected chi connectivity index (χ0v) is 16.5. The van der Waals surface area contributed by atoms with Crippen molar-refractivity contribution in [2.75, 3.05) is 18.0 Å². The lowest BCUT2D eigenvalue weighted by molar-refractivity contribution is 0.440. The van der Waals surface area contributed by atoms with Crippen LogP contribution in [0.5, 0.6) is 0 Å². The maximum atomic E-state index is 9.91. The van der Waals surface area contributed by atoms with Crippen LogP contribution < -0.4 is 4.90 Å². The average Bonchev–Trinajstić information content (AvgIpc) is 3.17. The van der Waals surface area contributed by atoms with E-state index < -0.39 is 0 Å². The van der Waals surface area contributed by atoms with Crippen LogP contribution in [0, 0.1) is 0 Å². The van der Waals surface area contributed by atoms with Crippen LogP contribution in [0.4, 0.5) is 5.82 Å². The number of hydrogen-bond acceptors (Lipinski definition) is 4. The van der Waals surface area contributed by atoms with E-state index in [1.807, 2.05) is 52.0 Å². The summed E-state index contributed by atoms with van der Waals surface area (Å²) >= 11 is 0. The molecule has 1 fully saturated rings. The Bertz CT molecular complexity index is 708. The van der Waals surface area contributed by atoms with Crippen LogP contribution in [0.25, 0.3) is 17.7 Å². The Kier molecular flexibility index (Phi) is 9.13. The molecule has 1 aliphatic heterocycles. The fourth-order valence-corrected chi connectivity index (χ4v) is 2.79. The van der Waals surface area contributed by atoms with Crippen molar-refractivity contribution in [2.24, 2.45) is 0 Å². The number of aliphatic hydroxyl groups excluding tert-OH is 1. The standard InChI is InChI=1S/C20H25N3O.C2H6/c1-5-10-16(15(4)24)19-21-18(12-7-3)17(11-6-2)20(22-19)23-13-8-9-14-23;1-2/h5-7,10-12,24H,1,4,8-9,13-14H2,2-3H3;1-2H3/b11-6-,12-7-,16-10+;. The summed E-state index contributed by atoms with van der Waals surface area (Å²) in [6, 6.07) is 0. The highest BCUT2D eigenvalue weighted by atomic mass is 16.3. The van der Waals surface area contributed by atoms with Crippen LogP contribution in [0.2, 0.25) is 0 Å². The van der Waals surface area contributed by atoms with Crippen molar-refractivity contribution in [3.63, 3.8) is 0 Å². The van der Waals surface area contributed by atoms with E-state index in [-0.39, 0.29) is 5.76 Å². The fourth-order valence-electron chi connectivity index (χ4n) is 2.79. The normalized spacial score (nSPS) is 14.6. The number of anilines is 1. The first kappa shape index (κ1) is 21.4. The molecule has 4 heteroatoms. The Labute approximate surface area is 158 Å². The number of hydrogen-bond donors (Lipinski definition) is 1. The molecule has 0 aromatic carbocycles. The molecule has 0 saturated carbocycles. The molecule has 140 valence electrons. The second-order valence-corrected chi connectivity index (χ2v) is 5.63. The predicted octanol–water partition coefficient (Wildman–Crippen LogP) is 5.81. The summed E-state index contributed by atoms with van der Waals surface area (Å²) in [4.78, 5) is 11.7. The first-order chi connectivity index (χ1) is 12.6. The quantitative estimate of drug-likeness (QED) is 0.518. The van der Waals surface area contributed by atoms with E-state index in [4.69, 9.17) is 4.98 Å². The van der Waals surface area contributed by atoms with Crippen LogP contribution in [0.3, 0.4) is 0 Å². The molecule has 0 bridgehead atoms. The van der Waals surface area contributed by atoms with Gasteiger partial charge in [-0.25, -0.2) is 9.97 Å². The van der Waals surface area contributed by atoms with Crippen LogP contribution in [-0.4, -0.2) is 28.2 Å². The molecule has 1 aliphatic rings. The highest BCUT2D eigenvalue weighted by Crippen LogP contribution is 2.29. The Balaban J connectivity index is 0.00000163. The van der Waals surface area contributed by atoms with E-state index >= 15 is 0 Å². The first-order valence-corrected chi connectivity index (χ1v) is 9.26. The zero-order valence-electron chi connectivity index (χ0n) is 16.5. The van der Waals surface area contributed by atoms with Crippen LogP contribution in [0.15, 0.2) is 43.2 Å². The second kappa shape index (κ2) is 11.1. The smallest absolute Gasteiger partial charge is 0.165 e. The van der Waals surface area contributed by atoms with E-state index in [0.717, 1.165) is 43.0 Å². The molecule has 4 nitrogen and oxygen atoms in total. The molecule has 0 radical (unpaired) electrons. The monoisotopic (exact) mass is 353 g/mol. The number of aromatic nitrogens is 2. The van der Waals surface area contributed by atoms with Crippen LogP contribution in [0.1, 0.15) is 57.6 Å². The van der Waals surface area contributed by atoms with Gasteiger partial charge in [0.2, 0.25) is 0 Å². The fraction of sp³-hybridized carbons (Fsp3) is 0.364. The van der Waals surface area contributed by atoms with E-state index in [0.29, 0.717) is 11.4 Å². The molecule has 0 aliphatic carbocycles. The molecule has 1 saturated heterocycles. The lowest BCUT2D eigenvalue weighted by Crippen LogP contribution is -2.22. The Hall–Kier alpha value is -2.62. The SMILES string of the molecule is C=C/C=C(\C(=C)O)c1nc(/C=C\C)c(/C=C\C)c(N2CCCC2)n1.CC. The van der Waals surface area contributed by atoms with Gasteiger partial charge in [0.15, 0.2) is 5.82 Å². The Morgan fingerprint density at radius 2 is 1.69 bits per heavy atom. The second-order valence-electron chi connectivity index (χ2n) is 5.63. The highest BCUT2D eigenvalue weighted by molar-refractivity contribution is 5.78. The summed E-state index contributed by atoms with van der Waals surface area (Å²) in [5.41, 5.74) is 2.32. The van der Waals surface area contributed by atoms with Gasteiger partial charge in [-0.2, -0.15) is 0 Å². The molecule has 1 N–H and O–H groups in total. The molecular formula is C22H31N3O. The minimum Gasteiger partial charge on any atom is -0.508 e. The molecule has 2 rings (SSSR count). The summed E-state index contributed by atoms with van der Waals surface area (Å²) in [6.07, 6.45) is 13.6. The summed E-state index contributed by atoms with van der Waals surface area (Å²) in [7, 11) is 0. The van der Waals surface area contributed by atoms with Gasteiger partial charge >= 0.3 is 0 Å². The van der Waals surface area contributed by atoms with Gasteiger partial charge in [-0.1, -0.05) is 51.3 Å². The molecule has 26 heavy (non-hydrogen) atoms. The lowest BCUT2D eigenvalue weighted by atomic mass is 10.1. The molecule has 0 unspecified atom stereocenters. The van der Waals surface area contributed by atoms with Gasteiger partial charge in [0.1, 0.15) is 11.6 Å². The summed E-state index contributed by atoms with van der Waals surface area (Å²) in [5, 5.41) is 9.91. The van der Waals surface area contributed by atoms with Crippen molar-refractivity contribution >= 4 is 23.5 Å². The van der Waals surface area contributed by atoms with Crippen molar-refractivity contribution in [2.45, 2.75) is 40.5 Å². The van der Waals surface area contributed by atoms with Gasteiger partial charge in [-0.3, -0.25) is 0 Å². The van der Waals surface area contributed by atoms with Gasteiger partial charge < -0.3 is 10.0 Å². The molecule has 0 spiro atoms. The minimum atomic E-state index is -0.0625. The van der Waals surface area contributed by atoms with Crippen molar-refractivity contribution in [1.29, 1.82) is 0 Å². The van der Waals surface area contributed by atoms with Crippen molar-refractivity contribution in [3.05, 3.63) is 60.3 Å². The maximum Gasteiger partial charge on any atom is 0.165 e. The lowest BCUT2D eigenvalue weighted by Gasteiger charge is -2.21. The molecular weight excluding hydrogens is 322 g/mol. The zero-order chi connectivity index (χ0) is 19.5. The topological polar surface area (TPSA) is 49.3 Å². The first-order valence-electron chi connectivity index (χ1n) is 9.26. The third-order valence-corrected chi connectivity index (χ3v) is 3.85. The van der Waals surface area contributed by atoms with Gasteiger partial charge in [-0.15, -0.1) is 0 Å². The largest absolute Gasteiger partial charge is 0.508 e. The molecule has 0 atom stereocenters. The number of aliphatic hydroxyl groups is 1. The summed E-state index contributed by atoms with van der Waals surface area (Å²) < 4.78 is 0. The number of allylic oxidation sites excluding steroid dienone is 5. The predicted molar refractivity (Wildman–Crippen MR) is 114 cm³/mol. The van der Waals surface area contributed by atoms with Gasteiger partial charge in [0.25, 0.3) is 0 Å². The van der Waals surface area contributed by atoms with E-state index in [1.54, 1.807) is 12.2 Å². The van der Waals surface area contributed by atoms with Gasteiger partial charge in [-0.05, 0) is 38.8 Å². The molecule has 1 aromatic rings. The number of nitrogens with zero attached hydrogens (tertiary/aromatic N) is 3.